The number of carbonyl (C=O) groups is 2. The van der Waals surface area contributed by atoms with Crippen LogP contribution in [0.2, 0.25) is 0 Å². The number of hydrogen-bond acceptors (Lipinski definition) is 4. The highest BCUT2D eigenvalue weighted by Gasteiger charge is 2.40. The first kappa shape index (κ1) is 13.9. The van der Waals surface area contributed by atoms with Gasteiger partial charge in [0.2, 0.25) is 0 Å². The third-order valence-corrected chi connectivity index (χ3v) is 4.62. The zero-order chi connectivity index (χ0) is 15.0. The number of nitrogens with zero attached hydrogens (tertiary/aromatic N) is 1. The Balaban J connectivity index is 1.86. The number of phenols is 2. The van der Waals surface area contributed by atoms with Crippen LogP contribution in [-0.2, 0) is 4.79 Å². The fourth-order valence-electron chi connectivity index (χ4n) is 3.57. The lowest BCUT2D eigenvalue weighted by Crippen LogP contribution is -2.41. The first-order chi connectivity index (χ1) is 10.1. The summed E-state index contributed by atoms with van der Waals surface area (Å²) in [5, 5.41) is 19.4. The molecule has 21 heavy (non-hydrogen) atoms. The van der Waals surface area contributed by atoms with Crippen molar-refractivity contribution in [2.24, 2.45) is 5.92 Å². The van der Waals surface area contributed by atoms with Crippen LogP contribution in [-0.4, -0.2) is 39.4 Å². The molecule has 3 rings (SSSR count). The molecule has 2 aliphatic rings. The van der Waals surface area contributed by atoms with Gasteiger partial charge in [0, 0.05) is 24.9 Å². The van der Waals surface area contributed by atoms with E-state index in [1.54, 1.807) is 4.90 Å². The average Bonchev–Trinajstić information content (AvgIpc) is 3.09. The molecule has 112 valence electrons. The predicted octanol–water partition coefficient (Wildman–Crippen LogP) is 2.07. The molecule has 2 unspecified atom stereocenters. The highest BCUT2D eigenvalue weighted by atomic mass is 16.3. The number of rotatable bonds is 2. The zero-order valence-electron chi connectivity index (χ0n) is 11.8. The highest BCUT2D eigenvalue weighted by Crippen LogP contribution is 2.36. The summed E-state index contributed by atoms with van der Waals surface area (Å²) in [4.78, 5) is 26.3. The Kier molecular flexibility index (Phi) is 3.57. The molecule has 1 aromatic carbocycles. The van der Waals surface area contributed by atoms with Gasteiger partial charge in [0.1, 0.15) is 5.78 Å². The van der Waals surface area contributed by atoms with Crippen LogP contribution in [0, 0.1) is 5.92 Å². The Bertz CT molecular complexity index is 584. The summed E-state index contributed by atoms with van der Waals surface area (Å²) in [6, 6.07) is 4.32. The Morgan fingerprint density at radius 2 is 2.00 bits per heavy atom. The maximum atomic E-state index is 12.6. The molecule has 1 saturated carbocycles. The lowest BCUT2D eigenvalue weighted by molar-refractivity contribution is -0.121. The van der Waals surface area contributed by atoms with Gasteiger partial charge < -0.3 is 15.1 Å². The van der Waals surface area contributed by atoms with E-state index >= 15 is 0 Å². The minimum atomic E-state index is -0.383. The summed E-state index contributed by atoms with van der Waals surface area (Å²) in [6.07, 6.45) is 4.07. The first-order valence-corrected chi connectivity index (χ1v) is 7.44. The maximum Gasteiger partial charge on any atom is 0.258 e. The summed E-state index contributed by atoms with van der Waals surface area (Å²) in [5.41, 5.74) is 0.104. The molecule has 2 fully saturated rings. The van der Waals surface area contributed by atoms with E-state index < -0.39 is 0 Å². The van der Waals surface area contributed by atoms with Crippen LogP contribution in [0.1, 0.15) is 42.5 Å². The van der Waals surface area contributed by atoms with E-state index in [0.717, 1.165) is 25.7 Å². The number of Topliss-reactive ketones (excluding diaryl/α,β-unsaturated/α-hetero) is 1. The van der Waals surface area contributed by atoms with Crippen LogP contribution in [0.15, 0.2) is 18.2 Å². The monoisotopic (exact) mass is 289 g/mol. The lowest BCUT2D eigenvalue weighted by atomic mass is 9.94. The van der Waals surface area contributed by atoms with Crippen molar-refractivity contribution in [1.82, 2.24) is 4.90 Å². The second-order valence-corrected chi connectivity index (χ2v) is 5.85. The SMILES string of the molecule is O=C1CCCC1C1CCCN1C(=O)c1cccc(O)c1O. The van der Waals surface area contributed by atoms with Crippen molar-refractivity contribution < 1.29 is 19.8 Å². The van der Waals surface area contributed by atoms with Gasteiger partial charge in [0.15, 0.2) is 11.5 Å². The quantitative estimate of drug-likeness (QED) is 0.817. The largest absolute Gasteiger partial charge is 0.504 e. The number of ketones is 1. The molecular formula is C16H19NO4. The minimum Gasteiger partial charge on any atom is -0.504 e. The molecular weight excluding hydrogens is 270 g/mol. The minimum absolute atomic E-state index is 0.0593. The van der Waals surface area contributed by atoms with Crippen LogP contribution in [0.25, 0.3) is 0 Å². The Morgan fingerprint density at radius 3 is 2.71 bits per heavy atom. The van der Waals surface area contributed by atoms with Crippen LogP contribution >= 0.6 is 0 Å². The molecule has 1 aromatic rings. The van der Waals surface area contributed by atoms with Crippen molar-refractivity contribution in [3.05, 3.63) is 23.8 Å². The van der Waals surface area contributed by atoms with E-state index in [0.29, 0.717) is 13.0 Å². The van der Waals surface area contributed by atoms with E-state index in [9.17, 15) is 19.8 Å². The number of hydrogen-bond donors (Lipinski definition) is 2. The van der Waals surface area contributed by atoms with Crippen molar-refractivity contribution >= 4 is 11.7 Å². The third-order valence-electron chi connectivity index (χ3n) is 4.62. The van der Waals surface area contributed by atoms with E-state index in [2.05, 4.69) is 0 Å². The van der Waals surface area contributed by atoms with Crippen LogP contribution in [0.5, 0.6) is 11.5 Å². The van der Waals surface area contributed by atoms with Gasteiger partial charge in [-0.05, 0) is 37.8 Å². The van der Waals surface area contributed by atoms with Crippen molar-refractivity contribution in [3.63, 3.8) is 0 Å². The van der Waals surface area contributed by atoms with Crippen molar-refractivity contribution in [3.8, 4) is 11.5 Å². The summed E-state index contributed by atoms with van der Waals surface area (Å²) in [5.74, 6) is -0.791. The summed E-state index contributed by atoms with van der Waals surface area (Å²) >= 11 is 0. The van der Waals surface area contributed by atoms with E-state index in [4.69, 9.17) is 0 Å². The Hall–Kier alpha value is -2.04. The van der Waals surface area contributed by atoms with E-state index in [1.165, 1.54) is 18.2 Å². The topological polar surface area (TPSA) is 77.8 Å². The zero-order valence-corrected chi connectivity index (χ0v) is 11.8. The van der Waals surface area contributed by atoms with Crippen LogP contribution < -0.4 is 0 Å². The average molecular weight is 289 g/mol. The van der Waals surface area contributed by atoms with Gasteiger partial charge in [-0.15, -0.1) is 0 Å². The van der Waals surface area contributed by atoms with Gasteiger partial charge in [0.05, 0.1) is 5.56 Å². The Labute approximate surface area is 123 Å². The van der Waals surface area contributed by atoms with Gasteiger partial charge in [-0.3, -0.25) is 9.59 Å². The molecule has 1 amide bonds. The molecule has 1 aliphatic carbocycles. The molecule has 1 heterocycles. The van der Waals surface area contributed by atoms with Crippen molar-refractivity contribution in [1.29, 1.82) is 0 Å². The smallest absolute Gasteiger partial charge is 0.258 e. The van der Waals surface area contributed by atoms with Crippen molar-refractivity contribution in [2.45, 2.75) is 38.1 Å². The molecule has 0 aromatic heterocycles. The molecule has 5 heteroatoms. The van der Waals surface area contributed by atoms with Gasteiger partial charge >= 0.3 is 0 Å². The molecule has 5 nitrogen and oxygen atoms in total. The molecule has 2 atom stereocenters. The third kappa shape index (κ3) is 2.37. The number of likely N-dealkylation sites (tertiary alicyclic amines) is 1. The molecule has 0 bridgehead atoms. The second-order valence-electron chi connectivity index (χ2n) is 5.85. The number of para-hydroxylation sites is 1. The second kappa shape index (κ2) is 5.39. The van der Waals surface area contributed by atoms with E-state index in [1.807, 2.05) is 0 Å². The van der Waals surface area contributed by atoms with Crippen molar-refractivity contribution in [2.75, 3.05) is 6.54 Å². The Morgan fingerprint density at radius 1 is 1.19 bits per heavy atom. The summed E-state index contributed by atoms with van der Waals surface area (Å²) in [7, 11) is 0. The summed E-state index contributed by atoms with van der Waals surface area (Å²) in [6.45, 7) is 0.600. The fourth-order valence-corrected chi connectivity index (χ4v) is 3.57. The van der Waals surface area contributed by atoms with Gasteiger partial charge in [-0.2, -0.15) is 0 Å². The molecule has 0 radical (unpaired) electrons. The molecule has 1 saturated heterocycles. The number of carbonyl (C=O) groups excluding carboxylic acids is 2. The summed E-state index contributed by atoms with van der Waals surface area (Å²) < 4.78 is 0. The molecule has 0 spiro atoms. The fraction of sp³-hybridized carbons (Fsp3) is 0.500. The normalized spacial score (nSPS) is 25.5. The van der Waals surface area contributed by atoms with Gasteiger partial charge in [-0.25, -0.2) is 0 Å². The van der Waals surface area contributed by atoms with E-state index in [-0.39, 0.29) is 40.7 Å². The number of phenolic OH excluding ortho intramolecular Hbond substituents is 2. The van der Waals surface area contributed by atoms with Gasteiger partial charge in [-0.1, -0.05) is 6.07 Å². The lowest BCUT2D eigenvalue weighted by Gasteiger charge is -2.29. The predicted molar refractivity (Wildman–Crippen MR) is 76.2 cm³/mol. The van der Waals surface area contributed by atoms with Crippen LogP contribution in [0.4, 0.5) is 0 Å². The molecule has 2 N–H and O–H groups in total. The number of benzene rings is 1. The van der Waals surface area contributed by atoms with Gasteiger partial charge in [0.25, 0.3) is 5.91 Å². The first-order valence-electron chi connectivity index (χ1n) is 7.44. The highest BCUT2D eigenvalue weighted by molar-refractivity contribution is 5.98. The maximum absolute atomic E-state index is 12.6. The molecule has 1 aliphatic heterocycles. The van der Waals surface area contributed by atoms with Crippen LogP contribution in [0.3, 0.4) is 0 Å². The number of aromatic hydroxyl groups is 2. The standard InChI is InChI=1S/C16H19NO4/c18-13-7-1-4-10(13)12-6-3-9-17(12)16(21)11-5-2-8-14(19)15(11)20/h2,5,8,10,12,19-20H,1,3-4,6-7,9H2. The number of amides is 1.